The Bertz CT molecular complexity index is 806. The zero-order valence-corrected chi connectivity index (χ0v) is 13.0. The molecule has 0 saturated heterocycles. The largest absolute Gasteiger partial charge is 0.485 e. The van der Waals surface area contributed by atoms with E-state index in [-0.39, 0.29) is 6.61 Å². The van der Waals surface area contributed by atoms with E-state index in [2.05, 4.69) is 5.10 Å². The van der Waals surface area contributed by atoms with Gasteiger partial charge in [-0.15, -0.1) is 0 Å². The average molecular weight is 311 g/mol. The second-order valence-corrected chi connectivity index (χ2v) is 5.01. The van der Waals surface area contributed by atoms with Gasteiger partial charge in [0, 0.05) is 19.4 Å². The number of aryl methyl sites for hydroxylation is 1. The number of ether oxygens (including phenoxy) is 2. The van der Waals surface area contributed by atoms with Crippen molar-refractivity contribution in [1.82, 2.24) is 14.3 Å². The molecule has 0 N–H and O–H groups in total. The van der Waals surface area contributed by atoms with Crippen molar-refractivity contribution in [2.45, 2.75) is 6.61 Å². The molecule has 0 amide bonds. The normalized spacial score (nSPS) is 10.5. The van der Waals surface area contributed by atoms with Gasteiger partial charge in [-0.3, -0.25) is 0 Å². The lowest BCUT2D eigenvalue weighted by Gasteiger charge is -2.06. The Morgan fingerprint density at radius 2 is 1.91 bits per heavy atom. The van der Waals surface area contributed by atoms with Crippen LogP contribution in [-0.2, 0) is 18.4 Å². The van der Waals surface area contributed by atoms with Crippen molar-refractivity contribution in [3.63, 3.8) is 0 Å². The number of hydrogen-bond donors (Lipinski definition) is 0. The fraction of sp³-hybridized carbons (Fsp3) is 0.176. The molecule has 2 aromatic heterocycles. The summed E-state index contributed by atoms with van der Waals surface area (Å²) in [5.41, 5.74) is 2.14. The monoisotopic (exact) mass is 311 g/mol. The van der Waals surface area contributed by atoms with E-state index in [4.69, 9.17) is 9.47 Å². The molecule has 0 fully saturated rings. The highest BCUT2D eigenvalue weighted by Crippen LogP contribution is 2.21. The first-order valence-corrected chi connectivity index (χ1v) is 7.15. The van der Waals surface area contributed by atoms with Crippen molar-refractivity contribution >= 4 is 5.97 Å². The molecule has 3 aromatic rings. The van der Waals surface area contributed by atoms with Crippen molar-refractivity contribution in [1.29, 1.82) is 0 Å². The first-order chi connectivity index (χ1) is 11.2. The summed E-state index contributed by atoms with van der Waals surface area (Å²) in [7, 11) is 3.11. The maximum absolute atomic E-state index is 11.8. The third-order valence-electron chi connectivity index (χ3n) is 3.45. The second kappa shape index (κ2) is 6.39. The minimum atomic E-state index is -0.428. The van der Waals surface area contributed by atoms with Gasteiger partial charge in [0.25, 0.3) is 0 Å². The summed E-state index contributed by atoms with van der Waals surface area (Å²) in [6.07, 6.45) is 3.63. The summed E-state index contributed by atoms with van der Waals surface area (Å²) in [5, 5.41) is 4.47. The summed E-state index contributed by atoms with van der Waals surface area (Å²) >= 11 is 0. The number of rotatable bonds is 5. The predicted molar refractivity (Wildman–Crippen MR) is 84.6 cm³/mol. The minimum absolute atomic E-state index is 0.272. The Kier molecular flexibility index (Phi) is 4.14. The molecule has 2 heterocycles. The molecule has 1 aromatic carbocycles. The molecule has 0 bridgehead atoms. The van der Waals surface area contributed by atoms with E-state index in [1.807, 2.05) is 42.6 Å². The van der Waals surface area contributed by atoms with Gasteiger partial charge in [0.1, 0.15) is 12.3 Å². The Morgan fingerprint density at radius 1 is 1.13 bits per heavy atom. The number of methoxy groups -OCH3 is 1. The molecule has 23 heavy (non-hydrogen) atoms. The van der Waals surface area contributed by atoms with Crippen molar-refractivity contribution < 1.29 is 14.3 Å². The van der Waals surface area contributed by atoms with Crippen LogP contribution in [0.1, 0.15) is 16.2 Å². The number of para-hydroxylation sites is 1. The van der Waals surface area contributed by atoms with Gasteiger partial charge in [-0.1, -0.05) is 18.2 Å². The molecule has 0 atom stereocenters. The molecule has 118 valence electrons. The predicted octanol–water partition coefficient (Wildman–Crippen LogP) is 2.58. The van der Waals surface area contributed by atoms with Crippen LogP contribution in [0.3, 0.4) is 0 Å². The first-order valence-electron chi connectivity index (χ1n) is 7.15. The van der Waals surface area contributed by atoms with E-state index in [9.17, 15) is 4.79 Å². The molecule has 0 unspecified atom stereocenters. The molecule has 0 aliphatic carbocycles. The number of hydrogen-bond acceptors (Lipinski definition) is 4. The molecule has 0 saturated carbocycles. The lowest BCUT2D eigenvalue weighted by Crippen LogP contribution is -2.09. The zero-order valence-electron chi connectivity index (χ0n) is 13.0. The van der Waals surface area contributed by atoms with Gasteiger partial charge in [-0.05, 0) is 24.3 Å². The fourth-order valence-electron chi connectivity index (χ4n) is 2.28. The van der Waals surface area contributed by atoms with E-state index in [0.717, 1.165) is 11.4 Å². The molecule has 0 aliphatic rings. The number of esters is 1. The third kappa shape index (κ3) is 3.11. The Balaban J connectivity index is 1.73. The highest BCUT2D eigenvalue weighted by atomic mass is 16.5. The maximum Gasteiger partial charge on any atom is 0.358 e. The van der Waals surface area contributed by atoms with Crippen molar-refractivity contribution in [2.75, 3.05) is 7.11 Å². The van der Waals surface area contributed by atoms with Crippen molar-refractivity contribution in [3.05, 3.63) is 66.2 Å². The number of carbonyl (C=O) groups excluding carboxylic acids is 1. The van der Waals surface area contributed by atoms with Crippen LogP contribution in [0.2, 0.25) is 0 Å². The van der Waals surface area contributed by atoms with Gasteiger partial charge in [-0.2, -0.15) is 5.10 Å². The Morgan fingerprint density at radius 3 is 2.65 bits per heavy atom. The number of carbonyl (C=O) groups is 1. The van der Waals surface area contributed by atoms with Gasteiger partial charge in [-0.25, -0.2) is 9.48 Å². The summed E-state index contributed by atoms with van der Waals surface area (Å²) in [6.45, 7) is 0.272. The summed E-state index contributed by atoms with van der Waals surface area (Å²) < 4.78 is 13.9. The molecule has 0 aliphatic heterocycles. The molecular formula is C17H17N3O3. The van der Waals surface area contributed by atoms with E-state index in [0.29, 0.717) is 11.4 Å². The number of nitrogens with zero attached hydrogens (tertiary/aromatic N) is 3. The SMILES string of the molecule is COC(=O)c1c(OCc2ccn(-c3ccccc3)n2)ccn1C. The van der Waals surface area contributed by atoms with Crippen LogP contribution in [0.15, 0.2) is 54.9 Å². The maximum atomic E-state index is 11.8. The third-order valence-corrected chi connectivity index (χ3v) is 3.45. The first kappa shape index (κ1) is 14.9. The van der Waals surface area contributed by atoms with Crippen LogP contribution in [0, 0.1) is 0 Å². The minimum Gasteiger partial charge on any atom is -0.485 e. The van der Waals surface area contributed by atoms with Crippen molar-refractivity contribution in [3.8, 4) is 11.4 Å². The standard InChI is InChI=1S/C17H17N3O3/c1-19-10-9-15(16(19)17(21)22-2)23-12-13-8-11-20(18-13)14-6-4-3-5-7-14/h3-11H,12H2,1-2H3. The van der Waals surface area contributed by atoms with Gasteiger partial charge in [0.05, 0.1) is 12.8 Å². The van der Waals surface area contributed by atoms with Crippen molar-refractivity contribution in [2.24, 2.45) is 7.05 Å². The topological polar surface area (TPSA) is 58.3 Å². The van der Waals surface area contributed by atoms with Crippen LogP contribution in [0.5, 0.6) is 5.75 Å². The number of benzene rings is 1. The summed E-state index contributed by atoms with van der Waals surface area (Å²) in [6, 6.07) is 13.4. The highest BCUT2D eigenvalue weighted by molar-refractivity contribution is 5.90. The lowest BCUT2D eigenvalue weighted by molar-refractivity contribution is 0.0584. The lowest BCUT2D eigenvalue weighted by atomic mass is 10.3. The fourth-order valence-corrected chi connectivity index (χ4v) is 2.28. The Labute approximate surface area is 133 Å². The van der Waals surface area contributed by atoms with Crippen LogP contribution < -0.4 is 4.74 Å². The van der Waals surface area contributed by atoms with E-state index in [1.165, 1.54) is 7.11 Å². The van der Waals surface area contributed by atoms with E-state index in [1.54, 1.807) is 28.6 Å². The molecule has 3 rings (SSSR count). The average Bonchev–Trinajstić information content (AvgIpc) is 3.20. The van der Waals surface area contributed by atoms with Crippen LogP contribution >= 0.6 is 0 Å². The second-order valence-electron chi connectivity index (χ2n) is 5.01. The zero-order chi connectivity index (χ0) is 16.2. The van der Waals surface area contributed by atoms with Gasteiger partial charge in [0.15, 0.2) is 11.4 Å². The summed E-state index contributed by atoms with van der Waals surface area (Å²) in [5.74, 6) is 0.0518. The molecule has 6 nitrogen and oxygen atoms in total. The molecule has 0 radical (unpaired) electrons. The van der Waals surface area contributed by atoms with Gasteiger partial charge >= 0.3 is 5.97 Å². The number of aromatic nitrogens is 3. The van der Waals surface area contributed by atoms with Crippen LogP contribution in [0.25, 0.3) is 5.69 Å². The Hall–Kier alpha value is -3.02. The molecule has 6 heteroatoms. The molecular weight excluding hydrogens is 294 g/mol. The highest BCUT2D eigenvalue weighted by Gasteiger charge is 2.17. The van der Waals surface area contributed by atoms with E-state index >= 15 is 0 Å². The van der Waals surface area contributed by atoms with Crippen LogP contribution in [0.4, 0.5) is 0 Å². The van der Waals surface area contributed by atoms with E-state index < -0.39 is 5.97 Å². The quantitative estimate of drug-likeness (QED) is 0.680. The van der Waals surface area contributed by atoms with Gasteiger partial charge < -0.3 is 14.0 Å². The molecule has 0 spiro atoms. The smallest absolute Gasteiger partial charge is 0.358 e. The summed E-state index contributed by atoms with van der Waals surface area (Å²) in [4.78, 5) is 11.8. The van der Waals surface area contributed by atoms with Crippen LogP contribution in [-0.4, -0.2) is 27.4 Å². The van der Waals surface area contributed by atoms with Gasteiger partial charge in [0.2, 0.25) is 0 Å².